The van der Waals surface area contributed by atoms with Crippen LogP contribution in [0.1, 0.15) is 64.1 Å². The number of aliphatic hydroxyl groups is 1. The van der Waals surface area contributed by atoms with Crippen LogP contribution in [0.15, 0.2) is 255 Å². The number of aliphatic hydroxyl groups excluding tert-OH is 1. The van der Waals surface area contributed by atoms with Crippen LogP contribution in [0.4, 0.5) is 0 Å². The molecular weight excluding hydrogens is 1170 g/mol. The molecule has 14 nitrogen and oxygen atoms in total. The van der Waals surface area contributed by atoms with Crippen molar-refractivity contribution >= 4 is 10.8 Å². The van der Waals surface area contributed by atoms with Crippen molar-refractivity contribution < 1.29 is 66.7 Å². The minimum absolute atomic E-state index is 0.00978. The molecular formula is C79H82O14. The van der Waals surface area contributed by atoms with Crippen LogP contribution in [0.25, 0.3) is 10.8 Å². The van der Waals surface area contributed by atoms with Crippen LogP contribution < -0.4 is 0 Å². The van der Waals surface area contributed by atoms with E-state index in [0.717, 1.165) is 55.3 Å². The second kappa shape index (κ2) is 32.2. The molecule has 482 valence electrons. The fourth-order valence-electron chi connectivity index (χ4n) is 13.0. The number of hydrogen-bond acceptors (Lipinski definition) is 14. The molecule has 0 bridgehead atoms. The summed E-state index contributed by atoms with van der Waals surface area (Å²) in [7, 11) is 0. The molecule has 0 unspecified atom stereocenters. The second-order valence-electron chi connectivity index (χ2n) is 24.5. The van der Waals surface area contributed by atoms with Crippen LogP contribution in [-0.4, -0.2) is 104 Å². The standard InChI is InChI=1S/C79H82O14/c1-54-43-65(82-51-61-41-42-62-37-23-24-40-64(62)44-61)70(74(85-48-58-31-15-5-16-32-58)69(54)83-46-56-27-11-3-12-28-56)93-79-76(87-50-60-35-19-7-20-36-60)75(86-49-59-33-17-6-18-34-59)72(66(90-79)52-81-45-55-25-9-2-10-26-55)92-78-68(80)73(84-47-57-29-13-4-14-30-57)71-67(89-78)53-88-77(91-71)63-38-21-8-22-39-63/h2-42,44,54,65-80H,43,45-53H2,1H3/t54-,65-,66-,67-,68-,69+,70+,71-,72-,73-,74-,75+,76-,77-,78+,79-/m1/s1. The van der Waals surface area contributed by atoms with E-state index in [4.69, 9.17) is 61.6 Å². The molecule has 0 spiro atoms. The van der Waals surface area contributed by atoms with Crippen LogP contribution in [0.2, 0.25) is 0 Å². The number of benzene rings is 9. The highest BCUT2D eigenvalue weighted by Gasteiger charge is 2.57. The monoisotopic (exact) mass is 1250 g/mol. The average molecular weight is 1260 g/mol. The van der Waals surface area contributed by atoms with Crippen molar-refractivity contribution in [3.05, 3.63) is 299 Å². The molecule has 3 heterocycles. The van der Waals surface area contributed by atoms with Gasteiger partial charge >= 0.3 is 0 Å². The Balaban J connectivity index is 0.890. The van der Waals surface area contributed by atoms with E-state index in [9.17, 15) is 5.11 Å². The highest BCUT2D eigenvalue weighted by atomic mass is 16.8. The van der Waals surface area contributed by atoms with Crippen LogP contribution in [0.5, 0.6) is 0 Å². The Bertz CT molecular complexity index is 3640. The quantitative estimate of drug-likeness (QED) is 0.0522. The molecule has 9 aromatic carbocycles. The van der Waals surface area contributed by atoms with E-state index >= 15 is 0 Å². The van der Waals surface area contributed by atoms with E-state index in [2.05, 4.69) is 73.7 Å². The predicted molar refractivity (Wildman–Crippen MR) is 351 cm³/mol. The van der Waals surface area contributed by atoms with Crippen LogP contribution in [0, 0.1) is 5.92 Å². The molecule has 1 saturated carbocycles. The Kier molecular flexibility index (Phi) is 22.3. The first-order chi connectivity index (χ1) is 45.9. The van der Waals surface area contributed by atoms with E-state index in [1.54, 1.807) is 0 Å². The Labute approximate surface area is 545 Å². The number of rotatable bonds is 27. The van der Waals surface area contributed by atoms with Gasteiger partial charge in [0.2, 0.25) is 0 Å². The van der Waals surface area contributed by atoms with Gasteiger partial charge in [-0.1, -0.05) is 256 Å². The van der Waals surface area contributed by atoms with Crippen molar-refractivity contribution in [1.29, 1.82) is 0 Å². The molecule has 1 aliphatic carbocycles. The zero-order valence-corrected chi connectivity index (χ0v) is 52.3. The topological polar surface area (TPSA) is 140 Å². The zero-order valence-electron chi connectivity index (χ0n) is 52.3. The molecule has 3 saturated heterocycles. The lowest BCUT2D eigenvalue weighted by Gasteiger charge is -2.52. The van der Waals surface area contributed by atoms with Crippen LogP contribution in [-0.2, 0) is 108 Å². The molecule has 93 heavy (non-hydrogen) atoms. The summed E-state index contributed by atoms with van der Waals surface area (Å²) in [4.78, 5) is 0. The molecule has 1 N–H and O–H groups in total. The van der Waals surface area contributed by atoms with E-state index in [-0.39, 0.29) is 52.2 Å². The Morgan fingerprint density at radius 2 is 0.817 bits per heavy atom. The molecule has 16 atom stereocenters. The maximum Gasteiger partial charge on any atom is 0.187 e. The van der Waals surface area contributed by atoms with Crippen LogP contribution in [0.3, 0.4) is 0 Å². The van der Waals surface area contributed by atoms with Gasteiger partial charge in [-0.2, -0.15) is 0 Å². The van der Waals surface area contributed by atoms with Gasteiger partial charge in [0.1, 0.15) is 61.0 Å². The van der Waals surface area contributed by atoms with Crippen molar-refractivity contribution in [1.82, 2.24) is 0 Å². The second-order valence-corrected chi connectivity index (χ2v) is 24.5. The summed E-state index contributed by atoms with van der Waals surface area (Å²) < 4.78 is 92.4. The minimum atomic E-state index is -1.40. The third-order valence-electron chi connectivity index (χ3n) is 17.8. The first-order valence-corrected chi connectivity index (χ1v) is 32.5. The van der Waals surface area contributed by atoms with E-state index < -0.39 is 92.1 Å². The van der Waals surface area contributed by atoms with Crippen molar-refractivity contribution in [2.45, 2.75) is 152 Å². The van der Waals surface area contributed by atoms with Crippen LogP contribution >= 0.6 is 0 Å². The molecule has 0 radical (unpaired) electrons. The van der Waals surface area contributed by atoms with Gasteiger partial charge in [-0.05, 0) is 68.1 Å². The minimum Gasteiger partial charge on any atom is -0.385 e. The van der Waals surface area contributed by atoms with Crippen molar-refractivity contribution in [3.63, 3.8) is 0 Å². The number of hydrogen-bond donors (Lipinski definition) is 1. The largest absolute Gasteiger partial charge is 0.385 e. The SMILES string of the molecule is C[C@@H]1C[C@@H](OCc2ccc3ccccc3c2)[C@H](O[C@H]2O[C@H](COCc3ccccc3)[C@@H](O[C@@H]3O[C@@H]4CO[C@@H](c5ccccc5)O[C@H]4[C@H](OCc4ccccc4)[C@H]3O)[C@H](OCc3ccccc3)[C@H]2OCc2ccccc2)[C@H](OCc2ccccc2)[C@H]1OCc1ccccc1. The third kappa shape index (κ3) is 16.8. The van der Waals surface area contributed by atoms with Gasteiger partial charge < -0.3 is 66.7 Å². The maximum absolute atomic E-state index is 13.0. The molecule has 13 rings (SSSR count). The lowest BCUT2D eigenvalue weighted by Crippen LogP contribution is -2.67. The lowest BCUT2D eigenvalue weighted by molar-refractivity contribution is -0.398. The summed E-state index contributed by atoms with van der Waals surface area (Å²) in [5.41, 5.74) is 7.56. The maximum atomic E-state index is 13.0. The smallest absolute Gasteiger partial charge is 0.187 e. The normalized spacial score (nSPS) is 27.9. The highest BCUT2D eigenvalue weighted by molar-refractivity contribution is 5.83. The van der Waals surface area contributed by atoms with Crippen molar-refractivity contribution in [2.24, 2.45) is 5.92 Å². The highest BCUT2D eigenvalue weighted by Crippen LogP contribution is 2.42. The molecule has 3 aliphatic heterocycles. The molecule has 0 amide bonds. The summed E-state index contributed by atoms with van der Waals surface area (Å²) in [6, 6.07) is 84.6. The van der Waals surface area contributed by atoms with E-state index in [0.29, 0.717) is 19.6 Å². The molecule has 14 heteroatoms. The fraction of sp³-hybridized carbons (Fsp3) is 0.342. The Morgan fingerprint density at radius 3 is 1.37 bits per heavy atom. The zero-order chi connectivity index (χ0) is 63.0. The summed E-state index contributed by atoms with van der Waals surface area (Å²) in [6.45, 7) is 3.92. The first-order valence-electron chi connectivity index (χ1n) is 32.5. The Hall–Kier alpha value is -7.32. The summed E-state index contributed by atoms with van der Waals surface area (Å²) in [6.07, 6.45) is -13.2. The molecule has 0 aromatic heterocycles. The number of ether oxygens (including phenoxy) is 13. The summed E-state index contributed by atoms with van der Waals surface area (Å²) in [5, 5.41) is 15.2. The van der Waals surface area contributed by atoms with Gasteiger partial charge in [-0.25, -0.2) is 0 Å². The predicted octanol–water partition coefficient (Wildman–Crippen LogP) is 13.6. The molecule has 4 fully saturated rings. The van der Waals surface area contributed by atoms with Gasteiger partial charge in [0, 0.05) is 5.56 Å². The molecule has 4 aliphatic rings. The van der Waals surface area contributed by atoms with E-state index in [1.807, 2.05) is 188 Å². The van der Waals surface area contributed by atoms with Gasteiger partial charge in [-0.15, -0.1) is 0 Å². The average Bonchev–Trinajstić information content (AvgIpc) is 0.895. The lowest BCUT2D eigenvalue weighted by atomic mass is 9.81. The number of fused-ring (bicyclic) bond motifs is 2. The molecule has 9 aromatic rings. The van der Waals surface area contributed by atoms with Crippen molar-refractivity contribution in [2.75, 3.05) is 13.2 Å². The summed E-state index contributed by atoms with van der Waals surface area (Å²) in [5.74, 6) is -0.0570. The third-order valence-corrected chi connectivity index (χ3v) is 17.8. The first kappa shape index (κ1) is 64.4. The van der Waals surface area contributed by atoms with Gasteiger partial charge in [-0.3, -0.25) is 0 Å². The van der Waals surface area contributed by atoms with E-state index in [1.165, 1.54) is 0 Å². The Morgan fingerprint density at radius 1 is 0.376 bits per heavy atom. The summed E-state index contributed by atoms with van der Waals surface area (Å²) >= 11 is 0. The fourth-order valence-corrected chi connectivity index (χ4v) is 13.0. The van der Waals surface area contributed by atoms with Gasteiger partial charge in [0.05, 0.1) is 71.7 Å². The van der Waals surface area contributed by atoms with Gasteiger partial charge in [0.25, 0.3) is 0 Å². The van der Waals surface area contributed by atoms with Crippen molar-refractivity contribution in [3.8, 4) is 0 Å². The van der Waals surface area contributed by atoms with Gasteiger partial charge in [0.15, 0.2) is 18.9 Å².